The first-order chi connectivity index (χ1) is 12.7. The summed E-state index contributed by atoms with van der Waals surface area (Å²) in [6, 6.07) is 16.3. The van der Waals surface area contributed by atoms with Crippen LogP contribution in [0.1, 0.15) is 35.1 Å². The molecule has 1 atom stereocenters. The molecule has 2 aromatic carbocycles. The smallest absolute Gasteiger partial charge is 0.324 e. The number of carbonyl (C=O) groups excluding carboxylic acids is 1. The van der Waals surface area contributed by atoms with Crippen molar-refractivity contribution in [1.82, 2.24) is 0 Å². The summed E-state index contributed by atoms with van der Waals surface area (Å²) in [5, 5.41) is 0. The Labute approximate surface area is 154 Å². The van der Waals surface area contributed by atoms with Crippen LogP contribution >= 0.6 is 0 Å². The summed E-state index contributed by atoms with van der Waals surface area (Å²) < 4.78 is 5.18. The largest absolute Gasteiger partial charge is 0.464 e. The Balaban J connectivity index is 1.64. The maximum absolute atomic E-state index is 11.6. The summed E-state index contributed by atoms with van der Waals surface area (Å²) in [5.74, 6) is -0.418. The standard InChI is InChI=1S/C22H26N2O2/c23-15-21(24)22(25)26-13-5-10-17-8-4-9-19-14-18(11-12-20(17)19)16-6-2-1-3-7-16/h1-4,6-9,14,21H,5,10-13,15,23-24H2. The molecule has 0 amide bonds. The monoisotopic (exact) mass is 350 g/mol. The number of benzene rings is 2. The third-order valence-electron chi connectivity index (χ3n) is 4.82. The number of aryl methyl sites for hydroxylation is 1. The van der Waals surface area contributed by atoms with Gasteiger partial charge in [-0.1, -0.05) is 54.6 Å². The lowest BCUT2D eigenvalue weighted by Crippen LogP contribution is -2.39. The average molecular weight is 350 g/mol. The van der Waals surface area contributed by atoms with Gasteiger partial charge in [0, 0.05) is 6.54 Å². The molecule has 4 nitrogen and oxygen atoms in total. The minimum atomic E-state index is -0.721. The first kappa shape index (κ1) is 18.4. The zero-order chi connectivity index (χ0) is 18.4. The Morgan fingerprint density at radius 3 is 2.65 bits per heavy atom. The number of rotatable bonds is 7. The van der Waals surface area contributed by atoms with Crippen LogP contribution in [0.25, 0.3) is 11.6 Å². The highest BCUT2D eigenvalue weighted by Gasteiger charge is 2.15. The lowest BCUT2D eigenvalue weighted by atomic mass is 9.85. The summed E-state index contributed by atoms with van der Waals surface area (Å²) >= 11 is 0. The van der Waals surface area contributed by atoms with Crippen LogP contribution in [0.5, 0.6) is 0 Å². The van der Waals surface area contributed by atoms with Crippen LogP contribution in [0.2, 0.25) is 0 Å². The molecule has 0 fully saturated rings. The van der Waals surface area contributed by atoms with E-state index in [0.717, 1.165) is 25.7 Å². The zero-order valence-electron chi connectivity index (χ0n) is 15.0. The number of esters is 1. The second-order valence-corrected chi connectivity index (χ2v) is 6.63. The van der Waals surface area contributed by atoms with Gasteiger partial charge in [0.2, 0.25) is 0 Å². The lowest BCUT2D eigenvalue weighted by Gasteiger charge is -2.20. The molecule has 0 heterocycles. The maximum Gasteiger partial charge on any atom is 0.324 e. The van der Waals surface area contributed by atoms with Crippen molar-refractivity contribution in [3.63, 3.8) is 0 Å². The van der Waals surface area contributed by atoms with Crippen LogP contribution in [-0.2, 0) is 22.4 Å². The molecular weight excluding hydrogens is 324 g/mol. The Morgan fingerprint density at radius 1 is 1.08 bits per heavy atom. The molecule has 26 heavy (non-hydrogen) atoms. The highest BCUT2D eigenvalue weighted by Crippen LogP contribution is 2.32. The van der Waals surface area contributed by atoms with Gasteiger partial charge < -0.3 is 16.2 Å². The molecule has 1 aliphatic carbocycles. The summed E-state index contributed by atoms with van der Waals surface area (Å²) in [6.45, 7) is 0.489. The highest BCUT2D eigenvalue weighted by molar-refractivity contribution is 5.84. The number of ether oxygens (including phenoxy) is 1. The van der Waals surface area contributed by atoms with Crippen LogP contribution in [0.15, 0.2) is 48.5 Å². The van der Waals surface area contributed by atoms with Crippen LogP contribution in [0.4, 0.5) is 0 Å². The van der Waals surface area contributed by atoms with Crippen LogP contribution in [0, 0.1) is 0 Å². The van der Waals surface area contributed by atoms with Gasteiger partial charge >= 0.3 is 5.97 Å². The fourth-order valence-corrected chi connectivity index (χ4v) is 3.37. The molecule has 1 aliphatic rings. The molecule has 0 aliphatic heterocycles. The minimum absolute atomic E-state index is 0.112. The molecule has 4 heteroatoms. The molecule has 0 radical (unpaired) electrons. The van der Waals surface area contributed by atoms with E-state index in [2.05, 4.69) is 48.5 Å². The fraction of sp³-hybridized carbons (Fsp3) is 0.318. The van der Waals surface area contributed by atoms with Crippen LogP contribution in [0.3, 0.4) is 0 Å². The Kier molecular flexibility index (Phi) is 6.21. The summed E-state index contributed by atoms with van der Waals surface area (Å²) in [4.78, 5) is 11.6. The molecule has 136 valence electrons. The van der Waals surface area contributed by atoms with E-state index in [1.165, 1.54) is 27.8 Å². The minimum Gasteiger partial charge on any atom is -0.464 e. The van der Waals surface area contributed by atoms with Crippen molar-refractivity contribution >= 4 is 17.6 Å². The van der Waals surface area contributed by atoms with E-state index in [0.29, 0.717) is 6.61 Å². The molecule has 1 unspecified atom stereocenters. The third kappa shape index (κ3) is 4.40. The van der Waals surface area contributed by atoms with E-state index < -0.39 is 12.0 Å². The SMILES string of the molecule is NCC(N)C(=O)OCCCc1cccc2c1CCC(c1ccccc1)=C2. The summed E-state index contributed by atoms with van der Waals surface area (Å²) in [6.07, 6.45) is 6.08. The Hall–Kier alpha value is -2.43. The number of carbonyl (C=O) groups is 1. The van der Waals surface area contributed by atoms with Crippen molar-refractivity contribution in [2.24, 2.45) is 11.5 Å². The topological polar surface area (TPSA) is 78.3 Å². The van der Waals surface area contributed by atoms with E-state index in [9.17, 15) is 4.79 Å². The number of fused-ring (bicyclic) bond motifs is 1. The molecule has 0 bridgehead atoms. The van der Waals surface area contributed by atoms with Gasteiger partial charge in [-0.15, -0.1) is 0 Å². The maximum atomic E-state index is 11.6. The lowest BCUT2D eigenvalue weighted by molar-refractivity contribution is -0.145. The van der Waals surface area contributed by atoms with Crippen molar-refractivity contribution in [2.75, 3.05) is 13.2 Å². The summed E-state index contributed by atoms with van der Waals surface area (Å²) in [5.41, 5.74) is 17.7. The molecule has 4 N–H and O–H groups in total. The fourth-order valence-electron chi connectivity index (χ4n) is 3.37. The number of allylic oxidation sites excluding steroid dienone is 1. The quantitative estimate of drug-likeness (QED) is 0.594. The number of hydrogen-bond acceptors (Lipinski definition) is 4. The van der Waals surface area contributed by atoms with E-state index >= 15 is 0 Å². The van der Waals surface area contributed by atoms with Crippen molar-refractivity contribution < 1.29 is 9.53 Å². The van der Waals surface area contributed by atoms with Crippen LogP contribution < -0.4 is 11.5 Å². The van der Waals surface area contributed by atoms with Crippen LogP contribution in [-0.4, -0.2) is 25.2 Å². The van der Waals surface area contributed by atoms with Crippen molar-refractivity contribution in [3.8, 4) is 0 Å². The van der Waals surface area contributed by atoms with E-state index in [4.69, 9.17) is 16.2 Å². The third-order valence-corrected chi connectivity index (χ3v) is 4.82. The zero-order valence-corrected chi connectivity index (χ0v) is 15.0. The number of hydrogen-bond donors (Lipinski definition) is 2. The molecule has 3 rings (SSSR count). The Bertz CT molecular complexity index is 784. The van der Waals surface area contributed by atoms with Gasteiger partial charge in [-0.2, -0.15) is 0 Å². The van der Waals surface area contributed by atoms with Gasteiger partial charge in [0.25, 0.3) is 0 Å². The first-order valence-corrected chi connectivity index (χ1v) is 9.18. The predicted molar refractivity (Wildman–Crippen MR) is 105 cm³/mol. The second kappa shape index (κ2) is 8.79. The van der Waals surface area contributed by atoms with Gasteiger partial charge in [-0.05, 0) is 53.5 Å². The summed E-state index contributed by atoms with van der Waals surface area (Å²) in [7, 11) is 0. The average Bonchev–Trinajstić information content (AvgIpc) is 2.70. The molecule has 0 saturated carbocycles. The second-order valence-electron chi connectivity index (χ2n) is 6.63. The van der Waals surface area contributed by atoms with Gasteiger partial charge in [0.05, 0.1) is 6.61 Å². The van der Waals surface area contributed by atoms with E-state index in [-0.39, 0.29) is 6.54 Å². The van der Waals surface area contributed by atoms with E-state index in [1.807, 2.05) is 6.07 Å². The van der Waals surface area contributed by atoms with Gasteiger partial charge in [-0.3, -0.25) is 4.79 Å². The molecular formula is C22H26N2O2. The van der Waals surface area contributed by atoms with Crippen molar-refractivity contribution in [3.05, 3.63) is 70.8 Å². The van der Waals surface area contributed by atoms with Gasteiger partial charge in [0.1, 0.15) is 6.04 Å². The van der Waals surface area contributed by atoms with E-state index in [1.54, 1.807) is 0 Å². The molecule has 2 aromatic rings. The highest BCUT2D eigenvalue weighted by atomic mass is 16.5. The molecule has 0 spiro atoms. The van der Waals surface area contributed by atoms with Gasteiger partial charge in [-0.25, -0.2) is 0 Å². The molecule has 0 saturated heterocycles. The van der Waals surface area contributed by atoms with Gasteiger partial charge in [0.15, 0.2) is 0 Å². The first-order valence-electron chi connectivity index (χ1n) is 9.18. The Morgan fingerprint density at radius 2 is 1.88 bits per heavy atom. The van der Waals surface area contributed by atoms with Crippen molar-refractivity contribution in [1.29, 1.82) is 0 Å². The molecule has 0 aromatic heterocycles. The normalized spacial score (nSPS) is 14.3. The van der Waals surface area contributed by atoms with Crippen molar-refractivity contribution in [2.45, 2.75) is 31.7 Å². The predicted octanol–water partition coefficient (Wildman–Crippen LogP) is 2.94. The number of nitrogens with two attached hydrogens (primary N) is 2.